The van der Waals surface area contributed by atoms with Crippen LogP contribution in [0.5, 0.6) is 5.75 Å². The minimum absolute atomic E-state index is 0.0151. The lowest BCUT2D eigenvalue weighted by molar-refractivity contribution is -0.134. The van der Waals surface area contributed by atoms with E-state index in [1.807, 2.05) is 0 Å². The summed E-state index contributed by atoms with van der Waals surface area (Å²) in [6.07, 6.45) is -0.0753. The van der Waals surface area contributed by atoms with E-state index in [0.29, 0.717) is 21.9 Å². The predicted molar refractivity (Wildman–Crippen MR) is 83.5 cm³/mol. The van der Waals surface area contributed by atoms with E-state index in [2.05, 4.69) is 0 Å². The Morgan fingerprint density at radius 1 is 0.957 bits per heavy atom. The Morgan fingerprint density at radius 3 is 2.09 bits per heavy atom. The predicted octanol–water partition coefficient (Wildman–Crippen LogP) is 2.93. The molecule has 0 fully saturated rings. The molecule has 0 spiro atoms. The second kappa shape index (κ2) is 6.22. The van der Waals surface area contributed by atoms with Crippen LogP contribution in [0.15, 0.2) is 48.5 Å². The number of hydrogen-bond donors (Lipinski definition) is 0. The van der Waals surface area contributed by atoms with E-state index >= 15 is 0 Å². The third kappa shape index (κ3) is 3.10. The molecule has 2 aromatic carbocycles. The summed E-state index contributed by atoms with van der Waals surface area (Å²) >= 11 is 5.75. The number of rotatable bonds is 4. The lowest BCUT2D eigenvalue weighted by Gasteiger charge is -2.13. The van der Waals surface area contributed by atoms with Crippen LogP contribution in [0.1, 0.15) is 27.1 Å². The first-order valence-corrected chi connectivity index (χ1v) is 7.35. The highest BCUT2D eigenvalue weighted by Crippen LogP contribution is 2.22. The standard InChI is InChI=1S/C17H12ClNO4/c18-11-5-7-12(8-6-11)23-15(20)9-10-19-16(21)13-3-1-2-4-14(13)17(19)22/h1-8H,9-10H2. The van der Waals surface area contributed by atoms with Gasteiger partial charge < -0.3 is 4.74 Å². The SMILES string of the molecule is O=C(CCN1C(=O)c2ccccc2C1=O)Oc1ccc(Cl)cc1. The number of benzene rings is 2. The van der Waals surface area contributed by atoms with Gasteiger partial charge >= 0.3 is 5.97 Å². The second-order valence-corrected chi connectivity index (χ2v) is 5.42. The van der Waals surface area contributed by atoms with Crippen LogP contribution < -0.4 is 4.74 Å². The van der Waals surface area contributed by atoms with E-state index in [0.717, 1.165) is 4.90 Å². The molecule has 0 aromatic heterocycles. The number of nitrogens with zero attached hydrogens (tertiary/aromatic N) is 1. The molecule has 5 nitrogen and oxygen atoms in total. The van der Waals surface area contributed by atoms with Gasteiger partial charge in [-0.3, -0.25) is 19.3 Å². The quantitative estimate of drug-likeness (QED) is 0.491. The highest BCUT2D eigenvalue weighted by molar-refractivity contribution is 6.30. The number of carbonyl (C=O) groups excluding carboxylic acids is 3. The van der Waals surface area contributed by atoms with Crippen LogP contribution in [0.3, 0.4) is 0 Å². The molecule has 1 aliphatic heterocycles. The average molecular weight is 330 g/mol. The van der Waals surface area contributed by atoms with Crippen molar-refractivity contribution in [3.05, 3.63) is 64.7 Å². The molecular weight excluding hydrogens is 318 g/mol. The number of fused-ring (bicyclic) bond motifs is 1. The molecule has 0 aliphatic carbocycles. The maximum Gasteiger partial charge on any atom is 0.312 e. The molecule has 2 amide bonds. The number of hydrogen-bond acceptors (Lipinski definition) is 4. The summed E-state index contributed by atoms with van der Waals surface area (Å²) < 4.78 is 5.13. The van der Waals surface area contributed by atoms with Gasteiger partial charge in [-0.1, -0.05) is 23.7 Å². The number of amides is 2. The zero-order chi connectivity index (χ0) is 16.4. The Labute approximate surface area is 137 Å². The maximum atomic E-state index is 12.2. The molecule has 1 aliphatic rings. The Hall–Kier alpha value is -2.66. The van der Waals surface area contributed by atoms with Crippen molar-refractivity contribution in [3.63, 3.8) is 0 Å². The molecule has 116 valence electrons. The fourth-order valence-corrected chi connectivity index (χ4v) is 2.46. The summed E-state index contributed by atoms with van der Waals surface area (Å²) in [7, 11) is 0. The van der Waals surface area contributed by atoms with Gasteiger partial charge in [0, 0.05) is 11.6 Å². The largest absolute Gasteiger partial charge is 0.426 e. The number of ether oxygens (including phenoxy) is 1. The molecule has 0 atom stereocenters. The van der Waals surface area contributed by atoms with Gasteiger partial charge in [-0.15, -0.1) is 0 Å². The van der Waals surface area contributed by atoms with Crippen molar-refractivity contribution in [1.82, 2.24) is 4.90 Å². The first-order valence-electron chi connectivity index (χ1n) is 6.98. The van der Waals surface area contributed by atoms with Crippen molar-refractivity contribution in [2.24, 2.45) is 0 Å². The van der Waals surface area contributed by atoms with Gasteiger partial charge in [-0.25, -0.2) is 0 Å². The Morgan fingerprint density at radius 2 is 1.52 bits per heavy atom. The lowest BCUT2D eigenvalue weighted by atomic mass is 10.1. The van der Waals surface area contributed by atoms with Crippen molar-refractivity contribution >= 4 is 29.4 Å². The van der Waals surface area contributed by atoms with E-state index in [1.165, 1.54) is 0 Å². The molecule has 2 aromatic rings. The average Bonchev–Trinajstić information content (AvgIpc) is 2.80. The molecule has 0 unspecified atom stereocenters. The minimum atomic E-state index is -0.524. The van der Waals surface area contributed by atoms with Crippen LogP contribution >= 0.6 is 11.6 Å². The van der Waals surface area contributed by atoms with Gasteiger partial charge in [0.25, 0.3) is 11.8 Å². The summed E-state index contributed by atoms with van der Waals surface area (Å²) in [5.41, 5.74) is 0.729. The molecule has 1 heterocycles. The van der Waals surface area contributed by atoms with Gasteiger partial charge in [0.15, 0.2) is 0 Å². The Balaban J connectivity index is 1.61. The van der Waals surface area contributed by atoms with E-state index in [-0.39, 0.29) is 24.8 Å². The van der Waals surface area contributed by atoms with E-state index in [9.17, 15) is 14.4 Å². The van der Waals surface area contributed by atoms with Gasteiger partial charge in [0.2, 0.25) is 0 Å². The van der Waals surface area contributed by atoms with Crippen LogP contribution in [-0.2, 0) is 4.79 Å². The van der Waals surface area contributed by atoms with Gasteiger partial charge in [0.1, 0.15) is 5.75 Å². The molecule has 0 radical (unpaired) electrons. The zero-order valence-electron chi connectivity index (χ0n) is 12.0. The topological polar surface area (TPSA) is 63.7 Å². The highest BCUT2D eigenvalue weighted by atomic mass is 35.5. The molecule has 0 N–H and O–H groups in total. The highest BCUT2D eigenvalue weighted by Gasteiger charge is 2.35. The summed E-state index contributed by atoms with van der Waals surface area (Å²) in [5, 5.41) is 0.538. The van der Waals surface area contributed by atoms with Crippen LogP contribution in [0.4, 0.5) is 0 Å². The van der Waals surface area contributed by atoms with Crippen LogP contribution in [0, 0.1) is 0 Å². The fourth-order valence-electron chi connectivity index (χ4n) is 2.33. The summed E-state index contributed by atoms with van der Waals surface area (Å²) in [6, 6.07) is 12.9. The summed E-state index contributed by atoms with van der Waals surface area (Å²) in [5.74, 6) is -0.930. The monoisotopic (exact) mass is 329 g/mol. The Kier molecular flexibility index (Phi) is 4.12. The first-order chi connectivity index (χ1) is 11.1. The molecule has 3 rings (SSSR count). The molecule has 0 saturated carbocycles. The third-order valence-electron chi connectivity index (χ3n) is 3.46. The van der Waals surface area contributed by atoms with Crippen molar-refractivity contribution in [2.75, 3.05) is 6.54 Å². The summed E-state index contributed by atoms with van der Waals surface area (Å²) in [6.45, 7) is -0.0151. The second-order valence-electron chi connectivity index (χ2n) is 4.99. The minimum Gasteiger partial charge on any atom is -0.426 e. The first kappa shape index (κ1) is 15.2. The van der Waals surface area contributed by atoms with Crippen LogP contribution in [0.25, 0.3) is 0 Å². The molecule has 0 bridgehead atoms. The van der Waals surface area contributed by atoms with Crippen LogP contribution in [0.2, 0.25) is 5.02 Å². The maximum absolute atomic E-state index is 12.2. The fraction of sp³-hybridized carbons (Fsp3) is 0.118. The number of carbonyl (C=O) groups is 3. The number of esters is 1. The lowest BCUT2D eigenvalue weighted by Crippen LogP contribution is -2.32. The normalized spacial score (nSPS) is 13.2. The smallest absolute Gasteiger partial charge is 0.312 e. The van der Waals surface area contributed by atoms with Gasteiger partial charge in [-0.2, -0.15) is 0 Å². The molecule has 23 heavy (non-hydrogen) atoms. The van der Waals surface area contributed by atoms with Crippen molar-refractivity contribution < 1.29 is 19.1 Å². The third-order valence-corrected chi connectivity index (χ3v) is 3.72. The van der Waals surface area contributed by atoms with Crippen LogP contribution in [-0.4, -0.2) is 29.2 Å². The van der Waals surface area contributed by atoms with Crippen molar-refractivity contribution in [3.8, 4) is 5.75 Å². The Bertz CT molecular complexity index is 750. The van der Waals surface area contributed by atoms with E-state index < -0.39 is 5.97 Å². The molecule has 0 saturated heterocycles. The van der Waals surface area contributed by atoms with Crippen molar-refractivity contribution in [1.29, 1.82) is 0 Å². The van der Waals surface area contributed by atoms with E-state index in [4.69, 9.17) is 16.3 Å². The van der Waals surface area contributed by atoms with E-state index in [1.54, 1.807) is 48.5 Å². The molecular formula is C17H12ClNO4. The number of imide groups is 1. The summed E-state index contributed by atoms with van der Waals surface area (Å²) in [4.78, 5) is 37.2. The zero-order valence-corrected chi connectivity index (χ0v) is 12.7. The van der Waals surface area contributed by atoms with Gasteiger partial charge in [-0.05, 0) is 36.4 Å². The molecule has 6 heteroatoms. The number of halogens is 1. The van der Waals surface area contributed by atoms with Crippen molar-refractivity contribution in [2.45, 2.75) is 6.42 Å². The van der Waals surface area contributed by atoms with Gasteiger partial charge in [0.05, 0.1) is 17.5 Å².